The Kier molecular flexibility index (Phi) is 9.37. The second kappa shape index (κ2) is 13.8. The van der Waals surface area contributed by atoms with Crippen LogP contribution in [0.3, 0.4) is 0 Å². The normalized spacial score (nSPS) is 14.8. The van der Waals surface area contributed by atoms with Gasteiger partial charge in [0, 0.05) is 5.56 Å². The number of aryl methyl sites for hydroxylation is 1. The minimum absolute atomic E-state index is 0.209. The van der Waals surface area contributed by atoms with E-state index in [0.29, 0.717) is 32.6 Å². The van der Waals surface area contributed by atoms with Gasteiger partial charge in [-0.1, -0.05) is 54.6 Å². The third kappa shape index (κ3) is 7.79. The van der Waals surface area contributed by atoms with Crippen molar-refractivity contribution in [2.75, 3.05) is 0 Å². The maximum Gasteiger partial charge on any atom is 0.264 e. The molecule has 12 heteroatoms. The second-order valence-corrected chi connectivity index (χ2v) is 13.6. The fourth-order valence-corrected chi connectivity index (χ4v) is 6.64. The van der Waals surface area contributed by atoms with Gasteiger partial charge in [0.05, 0.1) is 21.9 Å². The largest absolute Gasteiger partial charge is 0.488 e. The van der Waals surface area contributed by atoms with Gasteiger partial charge in [0.2, 0.25) is 5.91 Å². The number of fused-ring (bicyclic) bond motifs is 1. The van der Waals surface area contributed by atoms with Crippen LogP contribution in [0, 0.1) is 18.6 Å². The topological polar surface area (TPSA) is 114 Å². The van der Waals surface area contributed by atoms with Crippen LogP contribution in [0.2, 0.25) is 0 Å². The number of nitrogens with one attached hydrogen (secondary N) is 2. The van der Waals surface area contributed by atoms with Crippen LogP contribution in [-0.2, 0) is 32.6 Å². The number of amides is 2. The lowest BCUT2D eigenvalue weighted by atomic mass is 10.1. The summed E-state index contributed by atoms with van der Waals surface area (Å²) in [6.07, 6.45) is 1.50. The SMILES string of the molecule is Cc1ccc(S(=O)(=O)NC(=O)Cc2ccc(N=C3NC(=O)C(=Cc4cc5ccccc5cc4OCc4ccc(F)cc4)S3)cc2)cc1F. The van der Waals surface area contributed by atoms with Crippen LogP contribution in [-0.4, -0.2) is 25.4 Å². The summed E-state index contributed by atoms with van der Waals surface area (Å²) in [5.41, 5.74) is 2.79. The summed E-state index contributed by atoms with van der Waals surface area (Å²) in [6, 6.07) is 27.6. The second-order valence-electron chi connectivity index (χ2n) is 10.9. The fraction of sp³-hybridized carbons (Fsp3) is 0.0833. The van der Waals surface area contributed by atoms with E-state index in [0.717, 1.165) is 34.2 Å². The third-order valence-electron chi connectivity index (χ3n) is 7.36. The minimum Gasteiger partial charge on any atom is -0.488 e. The van der Waals surface area contributed by atoms with Crippen molar-refractivity contribution < 1.29 is 31.5 Å². The highest BCUT2D eigenvalue weighted by molar-refractivity contribution is 8.18. The Labute approximate surface area is 279 Å². The number of aliphatic imine (C=N–C) groups is 1. The van der Waals surface area contributed by atoms with Crippen molar-refractivity contribution >= 4 is 61.3 Å². The van der Waals surface area contributed by atoms with E-state index in [2.05, 4.69) is 10.3 Å². The van der Waals surface area contributed by atoms with Crippen LogP contribution < -0.4 is 14.8 Å². The number of rotatable bonds is 9. The van der Waals surface area contributed by atoms with Crippen LogP contribution in [0.25, 0.3) is 16.8 Å². The summed E-state index contributed by atoms with van der Waals surface area (Å²) in [5, 5.41) is 5.04. The van der Waals surface area contributed by atoms with Gasteiger partial charge in [0.1, 0.15) is 24.0 Å². The zero-order valence-electron chi connectivity index (χ0n) is 25.4. The molecule has 0 spiro atoms. The van der Waals surface area contributed by atoms with Gasteiger partial charge >= 0.3 is 0 Å². The van der Waals surface area contributed by atoms with Gasteiger partial charge < -0.3 is 10.1 Å². The van der Waals surface area contributed by atoms with Gasteiger partial charge in [-0.15, -0.1) is 0 Å². The van der Waals surface area contributed by atoms with E-state index in [1.165, 1.54) is 31.2 Å². The summed E-state index contributed by atoms with van der Waals surface area (Å²) < 4.78 is 60.3. The Bertz CT molecular complexity index is 2220. The van der Waals surface area contributed by atoms with Gasteiger partial charge in [0.15, 0.2) is 5.17 Å². The Hall–Kier alpha value is -5.33. The molecule has 48 heavy (non-hydrogen) atoms. The molecule has 1 heterocycles. The van der Waals surface area contributed by atoms with E-state index in [1.54, 1.807) is 42.5 Å². The van der Waals surface area contributed by atoms with Crippen molar-refractivity contribution in [1.29, 1.82) is 0 Å². The molecule has 0 aromatic heterocycles. The molecule has 2 amide bonds. The molecule has 1 aliphatic rings. The molecule has 0 bridgehead atoms. The number of sulfonamides is 1. The molecular formula is C36H27F2N3O5S2. The average Bonchev–Trinajstić information content (AvgIpc) is 3.40. The van der Waals surface area contributed by atoms with Gasteiger partial charge in [0.25, 0.3) is 15.9 Å². The van der Waals surface area contributed by atoms with Crippen LogP contribution in [0.4, 0.5) is 14.5 Å². The highest BCUT2D eigenvalue weighted by Gasteiger charge is 2.25. The molecule has 1 fully saturated rings. The average molecular weight is 684 g/mol. The molecule has 0 unspecified atom stereocenters. The highest BCUT2D eigenvalue weighted by Crippen LogP contribution is 2.33. The molecular weight excluding hydrogens is 657 g/mol. The number of hydrogen-bond acceptors (Lipinski definition) is 7. The Morgan fingerprint density at radius 3 is 2.31 bits per heavy atom. The number of halogens is 2. The van der Waals surface area contributed by atoms with E-state index in [4.69, 9.17) is 4.74 Å². The van der Waals surface area contributed by atoms with Crippen LogP contribution in [0.1, 0.15) is 22.3 Å². The van der Waals surface area contributed by atoms with Gasteiger partial charge in [-0.2, -0.15) is 0 Å². The molecule has 242 valence electrons. The number of benzene rings is 5. The van der Waals surface area contributed by atoms with Gasteiger partial charge in [-0.05, 0) is 101 Å². The maximum atomic E-state index is 13.8. The number of ether oxygens (including phenoxy) is 1. The van der Waals surface area contributed by atoms with Crippen molar-refractivity contribution in [2.24, 2.45) is 4.99 Å². The van der Waals surface area contributed by atoms with Gasteiger partial charge in [-0.25, -0.2) is 26.9 Å². The first-order valence-electron chi connectivity index (χ1n) is 14.6. The third-order valence-corrected chi connectivity index (χ3v) is 9.64. The fourth-order valence-electron chi connectivity index (χ4n) is 4.81. The zero-order chi connectivity index (χ0) is 33.8. The number of thioether (sulfide) groups is 1. The summed E-state index contributed by atoms with van der Waals surface area (Å²) in [4.78, 5) is 30.0. The lowest BCUT2D eigenvalue weighted by molar-refractivity contribution is -0.118. The molecule has 5 aromatic carbocycles. The number of nitrogens with zero attached hydrogens (tertiary/aromatic N) is 1. The van der Waals surface area contributed by atoms with E-state index in [-0.39, 0.29) is 35.2 Å². The minimum atomic E-state index is -4.24. The van der Waals surface area contributed by atoms with E-state index < -0.39 is 21.7 Å². The lowest BCUT2D eigenvalue weighted by Crippen LogP contribution is -2.31. The van der Waals surface area contributed by atoms with Crippen molar-refractivity contribution in [3.8, 4) is 5.75 Å². The van der Waals surface area contributed by atoms with Gasteiger partial charge in [-0.3, -0.25) is 9.59 Å². The molecule has 5 aromatic rings. The quantitative estimate of drug-likeness (QED) is 0.163. The van der Waals surface area contributed by atoms with Crippen molar-refractivity contribution in [2.45, 2.75) is 24.8 Å². The first-order chi connectivity index (χ1) is 23.0. The zero-order valence-corrected chi connectivity index (χ0v) is 27.0. The Balaban J connectivity index is 1.14. The molecule has 6 rings (SSSR count). The standard InChI is InChI=1S/C36H27F2N3O5S2/c1-22-6-15-30(20-31(22)38)48(44,45)41-34(42)16-23-9-13-29(14-10-23)39-36-40-35(43)33(47-36)19-27-17-25-4-2-3-5-26(25)18-32(27)46-21-24-7-11-28(37)12-8-24/h2-15,17-20H,16,21H2,1H3,(H,41,42)(H,39,40,43). The first-order valence-corrected chi connectivity index (χ1v) is 16.9. The predicted molar refractivity (Wildman–Crippen MR) is 182 cm³/mol. The van der Waals surface area contributed by atoms with Crippen LogP contribution in [0.5, 0.6) is 5.75 Å². The van der Waals surface area contributed by atoms with E-state index in [1.807, 2.05) is 41.1 Å². The lowest BCUT2D eigenvalue weighted by Gasteiger charge is -2.12. The molecule has 0 aliphatic carbocycles. The summed E-state index contributed by atoms with van der Waals surface area (Å²) in [6.45, 7) is 1.71. The predicted octanol–water partition coefficient (Wildman–Crippen LogP) is 6.94. The molecule has 0 radical (unpaired) electrons. The maximum absolute atomic E-state index is 13.8. The van der Waals surface area contributed by atoms with Crippen molar-refractivity contribution in [3.05, 3.63) is 142 Å². The molecule has 1 aliphatic heterocycles. The molecule has 1 saturated heterocycles. The van der Waals surface area contributed by atoms with E-state index >= 15 is 0 Å². The van der Waals surface area contributed by atoms with Crippen LogP contribution in [0.15, 0.2) is 118 Å². The smallest absolute Gasteiger partial charge is 0.264 e. The summed E-state index contributed by atoms with van der Waals surface area (Å²) >= 11 is 1.16. The number of carbonyl (C=O) groups is 2. The number of carbonyl (C=O) groups excluding carboxylic acids is 2. The summed E-state index contributed by atoms with van der Waals surface area (Å²) in [7, 11) is -4.24. The van der Waals surface area contributed by atoms with Crippen LogP contribution >= 0.6 is 11.8 Å². The van der Waals surface area contributed by atoms with Crippen molar-refractivity contribution in [1.82, 2.24) is 10.0 Å². The highest BCUT2D eigenvalue weighted by atomic mass is 32.2. The number of amidine groups is 1. The first kappa shape index (κ1) is 32.6. The molecule has 0 saturated carbocycles. The molecule has 0 atom stereocenters. The monoisotopic (exact) mass is 683 g/mol. The molecule has 8 nitrogen and oxygen atoms in total. The Morgan fingerprint density at radius 2 is 1.60 bits per heavy atom. The number of hydrogen-bond donors (Lipinski definition) is 2. The van der Waals surface area contributed by atoms with E-state index in [9.17, 15) is 26.8 Å². The van der Waals surface area contributed by atoms with Crippen molar-refractivity contribution in [3.63, 3.8) is 0 Å². The summed E-state index contributed by atoms with van der Waals surface area (Å²) in [5.74, 6) is -1.57. The molecule has 2 N–H and O–H groups in total. The Morgan fingerprint density at radius 1 is 0.917 bits per heavy atom.